The maximum Gasteiger partial charge on any atom is 0.222 e. The second-order valence-electron chi connectivity index (χ2n) is 4.98. The summed E-state index contributed by atoms with van der Waals surface area (Å²) in [6.07, 6.45) is 0.608. The molecular formula is C11H22ClNO. The lowest BCUT2D eigenvalue weighted by Crippen LogP contribution is -2.32. The van der Waals surface area contributed by atoms with Crippen LogP contribution in [-0.4, -0.2) is 30.3 Å². The Balaban J connectivity index is 4.06. The number of amides is 1. The summed E-state index contributed by atoms with van der Waals surface area (Å²) in [5.41, 5.74) is 0.192. The Morgan fingerprint density at radius 1 is 1.43 bits per heavy atom. The quantitative estimate of drug-likeness (QED) is 0.666. The van der Waals surface area contributed by atoms with Crippen molar-refractivity contribution in [1.29, 1.82) is 0 Å². The van der Waals surface area contributed by atoms with Crippen molar-refractivity contribution in [3.8, 4) is 0 Å². The van der Waals surface area contributed by atoms with Crippen LogP contribution in [0.4, 0.5) is 0 Å². The molecule has 14 heavy (non-hydrogen) atoms. The van der Waals surface area contributed by atoms with Crippen molar-refractivity contribution >= 4 is 17.5 Å². The number of carbonyl (C=O) groups is 1. The van der Waals surface area contributed by atoms with E-state index in [1.807, 2.05) is 0 Å². The van der Waals surface area contributed by atoms with Crippen LogP contribution in [0.15, 0.2) is 0 Å². The normalized spacial score (nSPS) is 13.9. The standard InChI is InChI=1S/C11H22ClNO/c1-9(11(2,3)4)8-10(14)13(5)7-6-12/h9H,6-8H2,1-5H3. The Labute approximate surface area is 92.6 Å². The fourth-order valence-corrected chi connectivity index (χ4v) is 1.23. The van der Waals surface area contributed by atoms with Gasteiger partial charge in [0.05, 0.1) is 0 Å². The summed E-state index contributed by atoms with van der Waals surface area (Å²) in [5, 5.41) is 0. The Hall–Kier alpha value is -0.240. The highest BCUT2D eigenvalue weighted by atomic mass is 35.5. The summed E-state index contributed by atoms with van der Waals surface area (Å²) in [4.78, 5) is 13.4. The number of alkyl halides is 1. The van der Waals surface area contributed by atoms with Crippen LogP contribution in [0.3, 0.4) is 0 Å². The molecule has 0 N–H and O–H groups in total. The van der Waals surface area contributed by atoms with Crippen molar-refractivity contribution in [1.82, 2.24) is 4.90 Å². The molecule has 3 heteroatoms. The first-order valence-electron chi connectivity index (χ1n) is 5.09. The van der Waals surface area contributed by atoms with E-state index < -0.39 is 0 Å². The molecule has 1 unspecified atom stereocenters. The predicted molar refractivity (Wildman–Crippen MR) is 61.6 cm³/mol. The summed E-state index contributed by atoms with van der Waals surface area (Å²) < 4.78 is 0. The Bertz CT molecular complexity index is 186. The van der Waals surface area contributed by atoms with Gasteiger partial charge >= 0.3 is 0 Å². The summed E-state index contributed by atoms with van der Waals surface area (Å²) in [6, 6.07) is 0. The maximum atomic E-state index is 11.7. The summed E-state index contributed by atoms with van der Waals surface area (Å²) >= 11 is 5.57. The molecule has 0 spiro atoms. The van der Waals surface area contributed by atoms with Gasteiger partial charge in [0.25, 0.3) is 0 Å². The topological polar surface area (TPSA) is 20.3 Å². The van der Waals surface area contributed by atoms with Crippen molar-refractivity contribution in [2.45, 2.75) is 34.1 Å². The number of hydrogen-bond acceptors (Lipinski definition) is 1. The zero-order chi connectivity index (χ0) is 11.4. The highest BCUT2D eigenvalue weighted by Crippen LogP contribution is 2.28. The average Bonchev–Trinajstić information content (AvgIpc) is 2.02. The van der Waals surface area contributed by atoms with Crippen LogP contribution in [0.5, 0.6) is 0 Å². The molecule has 0 aliphatic heterocycles. The lowest BCUT2D eigenvalue weighted by molar-refractivity contribution is -0.131. The number of nitrogens with zero attached hydrogens (tertiary/aromatic N) is 1. The molecule has 2 nitrogen and oxygen atoms in total. The van der Waals surface area contributed by atoms with Gasteiger partial charge in [-0.3, -0.25) is 4.79 Å². The molecule has 84 valence electrons. The molecule has 0 aromatic carbocycles. The van der Waals surface area contributed by atoms with E-state index in [1.54, 1.807) is 11.9 Å². The van der Waals surface area contributed by atoms with E-state index >= 15 is 0 Å². The number of hydrogen-bond donors (Lipinski definition) is 0. The van der Waals surface area contributed by atoms with Gasteiger partial charge < -0.3 is 4.90 Å². The molecule has 1 atom stereocenters. The number of rotatable bonds is 4. The van der Waals surface area contributed by atoms with Gasteiger partial charge in [0.15, 0.2) is 0 Å². The first-order chi connectivity index (χ1) is 6.29. The predicted octanol–water partition coefficient (Wildman–Crippen LogP) is 2.76. The number of carbonyl (C=O) groups excluding carboxylic acids is 1. The third-order valence-corrected chi connectivity index (χ3v) is 2.97. The molecule has 0 aliphatic carbocycles. The van der Waals surface area contributed by atoms with Crippen molar-refractivity contribution in [2.75, 3.05) is 19.5 Å². The Morgan fingerprint density at radius 3 is 2.29 bits per heavy atom. The van der Waals surface area contributed by atoms with E-state index in [1.165, 1.54) is 0 Å². The Morgan fingerprint density at radius 2 is 1.93 bits per heavy atom. The van der Waals surface area contributed by atoms with Crippen LogP contribution in [0.25, 0.3) is 0 Å². The van der Waals surface area contributed by atoms with Crippen LogP contribution >= 0.6 is 11.6 Å². The van der Waals surface area contributed by atoms with Crippen molar-refractivity contribution in [3.63, 3.8) is 0 Å². The molecule has 0 aromatic heterocycles. The molecule has 0 heterocycles. The van der Waals surface area contributed by atoms with E-state index in [0.29, 0.717) is 24.8 Å². The zero-order valence-electron chi connectivity index (χ0n) is 9.93. The molecular weight excluding hydrogens is 198 g/mol. The lowest BCUT2D eigenvalue weighted by atomic mass is 9.80. The Kier molecular flexibility index (Phi) is 5.50. The maximum absolute atomic E-state index is 11.7. The smallest absolute Gasteiger partial charge is 0.222 e. The fraction of sp³-hybridized carbons (Fsp3) is 0.909. The SMILES string of the molecule is CC(CC(=O)N(C)CCCl)C(C)(C)C. The van der Waals surface area contributed by atoms with Gasteiger partial charge in [0, 0.05) is 25.9 Å². The highest BCUT2D eigenvalue weighted by molar-refractivity contribution is 6.18. The first kappa shape index (κ1) is 13.8. The van der Waals surface area contributed by atoms with Gasteiger partial charge in [0.2, 0.25) is 5.91 Å². The molecule has 0 aliphatic rings. The van der Waals surface area contributed by atoms with E-state index in [-0.39, 0.29) is 11.3 Å². The van der Waals surface area contributed by atoms with Crippen molar-refractivity contribution < 1.29 is 4.79 Å². The van der Waals surface area contributed by atoms with E-state index in [4.69, 9.17) is 11.6 Å². The molecule has 0 bridgehead atoms. The van der Waals surface area contributed by atoms with E-state index in [2.05, 4.69) is 27.7 Å². The molecule has 0 rings (SSSR count). The highest BCUT2D eigenvalue weighted by Gasteiger charge is 2.23. The van der Waals surface area contributed by atoms with Crippen LogP contribution in [-0.2, 0) is 4.79 Å². The molecule has 0 fully saturated rings. The van der Waals surface area contributed by atoms with Crippen LogP contribution < -0.4 is 0 Å². The minimum absolute atomic E-state index is 0.188. The van der Waals surface area contributed by atoms with Gasteiger partial charge in [-0.2, -0.15) is 0 Å². The van der Waals surface area contributed by atoms with Gasteiger partial charge in [-0.1, -0.05) is 27.7 Å². The first-order valence-corrected chi connectivity index (χ1v) is 5.62. The van der Waals surface area contributed by atoms with E-state index in [0.717, 1.165) is 0 Å². The van der Waals surface area contributed by atoms with Gasteiger partial charge in [-0.15, -0.1) is 11.6 Å². The van der Waals surface area contributed by atoms with Gasteiger partial charge in [-0.25, -0.2) is 0 Å². The molecule has 0 radical (unpaired) electrons. The van der Waals surface area contributed by atoms with Gasteiger partial charge in [-0.05, 0) is 11.3 Å². The molecule has 0 saturated heterocycles. The zero-order valence-corrected chi connectivity index (χ0v) is 10.7. The van der Waals surface area contributed by atoms with Crippen molar-refractivity contribution in [3.05, 3.63) is 0 Å². The third-order valence-electron chi connectivity index (χ3n) is 2.80. The average molecular weight is 220 g/mol. The van der Waals surface area contributed by atoms with Crippen molar-refractivity contribution in [2.24, 2.45) is 11.3 Å². The third kappa shape index (κ3) is 4.85. The van der Waals surface area contributed by atoms with Crippen LogP contribution in [0.2, 0.25) is 0 Å². The summed E-state index contributed by atoms with van der Waals surface area (Å²) in [7, 11) is 1.81. The largest absolute Gasteiger partial charge is 0.345 e. The molecule has 0 aromatic rings. The van der Waals surface area contributed by atoms with Crippen LogP contribution in [0, 0.1) is 11.3 Å². The number of halogens is 1. The fourth-order valence-electron chi connectivity index (χ4n) is 0.975. The monoisotopic (exact) mass is 219 g/mol. The minimum atomic E-state index is 0.188. The van der Waals surface area contributed by atoms with Crippen LogP contribution in [0.1, 0.15) is 34.1 Å². The van der Waals surface area contributed by atoms with E-state index in [9.17, 15) is 4.79 Å². The molecule has 1 amide bonds. The lowest BCUT2D eigenvalue weighted by Gasteiger charge is -2.28. The summed E-state index contributed by atoms with van der Waals surface area (Å²) in [6.45, 7) is 9.23. The van der Waals surface area contributed by atoms with Gasteiger partial charge in [0.1, 0.15) is 0 Å². The summed E-state index contributed by atoms with van der Waals surface area (Å²) in [5.74, 6) is 1.09. The second kappa shape index (κ2) is 5.59. The molecule has 0 saturated carbocycles. The minimum Gasteiger partial charge on any atom is -0.345 e. The second-order valence-corrected chi connectivity index (χ2v) is 5.35.